The molecule has 9 heteroatoms. The number of para-hydroxylation sites is 1. The van der Waals surface area contributed by atoms with Crippen LogP contribution in [-0.2, 0) is 11.2 Å². The van der Waals surface area contributed by atoms with E-state index in [0.29, 0.717) is 45.9 Å². The van der Waals surface area contributed by atoms with Crippen LogP contribution < -0.4 is 20.3 Å². The van der Waals surface area contributed by atoms with Crippen LogP contribution in [0.25, 0.3) is 10.9 Å². The Morgan fingerprint density at radius 3 is 2.68 bits per heavy atom. The number of rotatable bonds is 9. The summed E-state index contributed by atoms with van der Waals surface area (Å²) in [7, 11) is 1.52. The van der Waals surface area contributed by atoms with E-state index in [4.69, 9.17) is 9.47 Å². The summed E-state index contributed by atoms with van der Waals surface area (Å²) in [6.07, 6.45) is 2.90. The number of anilines is 1. The largest absolute Gasteiger partial charge is 0.493 e. The van der Waals surface area contributed by atoms with Crippen LogP contribution in [0.2, 0.25) is 0 Å². The maximum atomic E-state index is 13.3. The molecule has 0 saturated heterocycles. The summed E-state index contributed by atoms with van der Waals surface area (Å²) in [6, 6.07) is 18.2. The number of aryl methyl sites for hydroxylation is 2. The Bertz CT molecular complexity index is 1510. The van der Waals surface area contributed by atoms with Gasteiger partial charge in [0.15, 0.2) is 18.1 Å². The molecule has 0 saturated carbocycles. The lowest BCUT2D eigenvalue weighted by molar-refractivity contribution is -0.118. The van der Waals surface area contributed by atoms with Crippen molar-refractivity contribution in [2.75, 3.05) is 19.0 Å². The van der Waals surface area contributed by atoms with E-state index >= 15 is 0 Å². The van der Waals surface area contributed by atoms with Gasteiger partial charge in [-0.2, -0.15) is 9.78 Å². The molecule has 0 atom stereocenters. The SMILES string of the molecule is CCCc1nc2ccc(Br)cc2c(=O)n1N=Cc1cccc(OC)c1OCC(=O)Nc1ccc(C)cc1. The quantitative estimate of drug-likeness (QED) is 0.278. The number of amides is 1. The van der Waals surface area contributed by atoms with Crippen molar-refractivity contribution in [3.63, 3.8) is 0 Å². The first-order chi connectivity index (χ1) is 17.9. The first-order valence-corrected chi connectivity index (χ1v) is 12.6. The van der Waals surface area contributed by atoms with Gasteiger partial charge in [0.2, 0.25) is 0 Å². The number of nitrogens with one attached hydrogen (secondary N) is 1. The zero-order chi connectivity index (χ0) is 26.4. The van der Waals surface area contributed by atoms with Crippen LogP contribution in [-0.4, -0.2) is 35.5 Å². The summed E-state index contributed by atoms with van der Waals surface area (Å²) < 4.78 is 13.4. The minimum atomic E-state index is -0.316. The number of nitrogens with zero attached hydrogens (tertiary/aromatic N) is 3. The molecule has 0 radical (unpaired) electrons. The predicted octanol–water partition coefficient (Wildman–Crippen LogP) is 5.33. The summed E-state index contributed by atoms with van der Waals surface area (Å²) >= 11 is 3.42. The average Bonchev–Trinajstić information content (AvgIpc) is 2.89. The van der Waals surface area contributed by atoms with Gasteiger partial charge >= 0.3 is 0 Å². The Hall–Kier alpha value is -3.98. The molecule has 0 spiro atoms. The fourth-order valence-electron chi connectivity index (χ4n) is 3.74. The Morgan fingerprint density at radius 1 is 1.16 bits per heavy atom. The van der Waals surface area contributed by atoms with Crippen molar-refractivity contribution in [1.82, 2.24) is 9.66 Å². The smallest absolute Gasteiger partial charge is 0.282 e. The Kier molecular flexibility index (Phi) is 8.35. The maximum absolute atomic E-state index is 13.3. The van der Waals surface area contributed by atoms with Crippen molar-refractivity contribution in [1.29, 1.82) is 0 Å². The second kappa shape index (κ2) is 11.8. The van der Waals surface area contributed by atoms with Crippen molar-refractivity contribution < 1.29 is 14.3 Å². The lowest BCUT2D eigenvalue weighted by atomic mass is 10.2. The van der Waals surface area contributed by atoms with E-state index in [0.717, 1.165) is 16.5 Å². The Balaban J connectivity index is 1.63. The molecule has 4 rings (SSSR count). The molecule has 0 aliphatic rings. The van der Waals surface area contributed by atoms with Gasteiger partial charge in [-0.05, 0) is 55.8 Å². The molecule has 1 heterocycles. The minimum absolute atomic E-state index is 0.234. The lowest BCUT2D eigenvalue weighted by Crippen LogP contribution is -2.22. The van der Waals surface area contributed by atoms with Gasteiger partial charge in [-0.25, -0.2) is 4.98 Å². The van der Waals surface area contributed by atoms with Gasteiger partial charge in [-0.3, -0.25) is 9.59 Å². The molecule has 0 aliphatic carbocycles. The maximum Gasteiger partial charge on any atom is 0.282 e. The van der Waals surface area contributed by atoms with E-state index in [1.165, 1.54) is 18.0 Å². The van der Waals surface area contributed by atoms with Crippen LogP contribution in [0.5, 0.6) is 11.5 Å². The zero-order valence-electron chi connectivity index (χ0n) is 20.8. The number of aromatic nitrogens is 2. The molecular weight excluding hydrogens is 536 g/mol. The van der Waals surface area contributed by atoms with Crippen LogP contribution in [0.3, 0.4) is 0 Å². The van der Waals surface area contributed by atoms with Crippen LogP contribution in [0.15, 0.2) is 75.0 Å². The third kappa shape index (κ3) is 6.24. The average molecular weight is 563 g/mol. The number of methoxy groups -OCH3 is 1. The molecule has 0 aliphatic heterocycles. The van der Waals surface area contributed by atoms with Gasteiger partial charge in [-0.15, -0.1) is 0 Å². The standard InChI is InChI=1S/C28H27BrN4O4/c1-4-6-25-32-23-14-11-20(29)15-22(23)28(35)33(25)30-16-19-7-5-8-24(36-3)27(19)37-17-26(34)31-21-12-9-18(2)10-13-21/h5,7-16H,4,6,17H2,1-3H3,(H,31,34). The van der Waals surface area contributed by atoms with Gasteiger partial charge in [0.05, 0.1) is 24.2 Å². The van der Waals surface area contributed by atoms with E-state index in [-0.39, 0.29) is 18.1 Å². The van der Waals surface area contributed by atoms with Crippen molar-refractivity contribution >= 4 is 44.6 Å². The molecule has 3 aromatic carbocycles. The number of hydrogen-bond donors (Lipinski definition) is 1. The molecule has 190 valence electrons. The predicted molar refractivity (Wildman–Crippen MR) is 149 cm³/mol. The van der Waals surface area contributed by atoms with E-state index < -0.39 is 0 Å². The van der Waals surface area contributed by atoms with E-state index in [1.807, 2.05) is 50.2 Å². The number of halogens is 1. The number of benzene rings is 3. The topological polar surface area (TPSA) is 94.8 Å². The molecular formula is C28H27BrN4O4. The highest BCUT2D eigenvalue weighted by atomic mass is 79.9. The molecule has 0 fully saturated rings. The third-order valence-electron chi connectivity index (χ3n) is 5.57. The molecule has 1 N–H and O–H groups in total. The Morgan fingerprint density at radius 2 is 1.95 bits per heavy atom. The monoisotopic (exact) mass is 562 g/mol. The first-order valence-electron chi connectivity index (χ1n) is 11.8. The molecule has 0 bridgehead atoms. The van der Waals surface area contributed by atoms with Crippen molar-refractivity contribution in [2.45, 2.75) is 26.7 Å². The third-order valence-corrected chi connectivity index (χ3v) is 6.07. The zero-order valence-corrected chi connectivity index (χ0v) is 22.4. The number of fused-ring (bicyclic) bond motifs is 1. The van der Waals surface area contributed by atoms with E-state index in [9.17, 15) is 9.59 Å². The van der Waals surface area contributed by atoms with Crippen molar-refractivity contribution in [3.05, 3.63) is 92.4 Å². The molecule has 1 aromatic heterocycles. The van der Waals surface area contributed by atoms with Gasteiger partial charge in [0.25, 0.3) is 11.5 Å². The van der Waals surface area contributed by atoms with Gasteiger partial charge in [-0.1, -0.05) is 46.6 Å². The molecule has 37 heavy (non-hydrogen) atoms. The summed E-state index contributed by atoms with van der Waals surface area (Å²) in [5.74, 6) is 1.02. The van der Waals surface area contributed by atoms with Gasteiger partial charge in [0.1, 0.15) is 5.82 Å². The van der Waals surface area contributed by atoms with E-state index in [2.05, 4.69) is 31.3 Å². The van der Waals surface area contributed by atoms with Crippen LogP contribution in [0, 0.1) is 6.92 Å². The van der Waals surface area contributed by atoms with Crippen molar-refractivity contribution in [3.8, 4) is 11.5 Å². The highest BCUT2D eigenvalue weighted by molar-refractivity contribution is 9.10. The molecule has 0 unspecified atom stereocenters. The second-order valence-corrected chi connectivity index (χ2v) is 9.30. The van der Waals surface area contributed by atoms with Gasteiger partial charge < -0.3 is 14.8 Å². The number of carbonyl (C=O) groups excluding carboxylic acids is 1. The highest BCUT2D eigenvalue weighted by Gasteiger charge is 2.14. The van der Waals surface area contributed by atoms with E-state index in [1.54, 1.807) is 24.3 Å². The second-order valence-electron chi connectivity index (χ2n) is 8.38. The normalized spacial score (nSPS) is 11.1. The first kappa shape index (κ1) is 26.1. The molecule has 4 aromatic rings. The fraction of sp³-hybridized carbons (Fsp3) is 0.214. The van der Waals surface area contributed by atoms with Crippen LogP contribution in [0.1, 0.15) is 30.3 Å². The summed E-state index contributed by atoms with van der Waals surface area (Å²) in [6.45, 7) is 3.76. The number of hydrogen-bond acceptors (Lipinski definition) is 6. The summed E-state index contributed by atoms with van der Waals surface area (Å²) in [4.78, 5) is 30.5. The lowest BCUT2D eigenvalue weighted by Gasteiger charge is -2.14. The minimum Gasteiger partial charge on any atom is -0.493 e. The highest BCUT2D eigenvalue weighted by Crippen LogP contribution is 2.30. The van der Waals surface area contributed by atoms with Crippen LogP contribution >= 0.6 is 15.9 Å². The Labute approximate surface area is 223 Å². The number of carbonyl (C=O) groups is 1. The van der Waals surface area contributed by atoms with Crippen molar-refractivity contribution in [2.24, 2.45) is 5.10 Å². The van der Waals surface area contributed by atoms with Crippen LogP contribution in [0.4, 0.5) is 5.69 Å². The molecule has 8 nitrogen and oxygen atoms in total. The molecule has 1 amide bonds. The fourth-order valence-corrected chi connectivity index (χ4v) is 4.10. The summed E-state index contributed by atoms with van der Waals surface area (Å²) in [5.41, 5.74) is 2.68. The summed E-state index contributed by atoms with van der Waals surface area (Å²) in [5, 5.41) is 7.75. The number of ether oxygens (including phenoxy) is 2. The van der Waals surface area contributed by atoms with Gasteiger partial charge in [0, 0.05) is 22.1 Å².